The first-order valence-electron chi connectivity index (χ1n) is 4.54. The van der Waals surface area contributed by atoms with E-state index in [-0.39, 0.29) is 5.91 Å². The summed E-state index contributed by atoms with van der Waals surface area (Å²) in [6.07, 6.45) is 2.14. The van der Waals surface area contributed by atoms with Gasteiger partial charge < -0.3 is 10.7 Å². The van der Waals surface area contributed by atoms with Crippen LogP contribution in [0.4, 0.5) is 5.82 Å². The maximum absolute atomic E-state index is 11.5. The number of nitrogens with two attached hydrogens (primary N) is 1. The van der Waals surface area contributed by atoms with Crippen LogP contribution >= 0.6 is 0 Å². The second-order valence-corrected chi connectivity index (χ2v) is 3.30. The number of carbonyl (C=O) groups is 1. The van der Waals surface area contributed by atoms with E-state index in [1.165, 1.54) is 0 Å². The predicted molar refractivity (Wildman–Crippen MR) is 52.5 cm³/mol. The van der Waals surface area contributed by atoms with Gasteiger partial charge in [0.2, 0.25) is 0 Å². The molecule has 5 nitrogen and oxygen atoms in total. The van der Waals surface area contributed by atoms with Crippen LogP contribution in [0, 0.1) is 0 Å². The number of amides is 1. The van der Waals surface area contributed by atoms with Gasteiger partial charge in [-0.25, -0.2) is 10.8 Å². The molecule has 1 saturated carbocycles. The third-order valence-corrected chi connectivity index (χ3v) is 2.04. The highest BCUT2D eigenvalue weighted by molar-refractivity contribution is 5.93. The van der Waals surface area contributed by atoms with E-state index >= 15 is 0 Å². The highest BCUT2D eigenvalue weighted by atomic mass is 16.2. The summed E-state index contributed by atoms with van der Waals surface area (Å²) in [5, 5.41) is 2.85. The van der Waals surface area contributed by atoms with E-state index in [1.807, 2.05) is 0 Å². The first-order valence-corrected chi connectivity index (χ1v) is 4.54. The maximum Gasteiger partial charge on any atom is 0.270 e. The lowest BCUT2D eigenvalue weighted by Crippen LogP contribution is -2.26. The zero-order chi connectivity index (χ0) is 9.97. The second kappa shape index (κ2) is 3.63. The lowest BCUT2D eigenvalue weighted by Gasteiger charge is -2.03. The van der Waals surface area contributed by atoms with Gasteiger partial charge in [0.1, 0.15) is 11.5 Å². The lowest BCUT2D eigenvalue weighted by atomic mass is 10.3. The molecule has 0 radical (unpaired) electrons. The number of pyridine rings is 1. The molecule has 1 fully saturated rings. The van der Waals surface area contributed by atoms with Crippen LogP contribution in [0.15, 0.2) is 18.2 Å². The predicted octanol–water partition coefficient (Wildman–Crippen LogP) is 0.259. The number of anilines is 1. The quantitative estimate of drug-likeness (QED) is 0.474. The van der Waals surface area contributed by atoms with Crippen molar-refractivity contribution in [3.05, 3.63) is 23.9 Å². The van der Waals surface area contributed by atoms with E-state index in [2.05, 4.69) is 15.7 Å². The van der Waals surface area contributed by atoms with Gasteiger partial charge in [0.25, 0.3) is 5.91 Å². The Bertz CT molecular complexity index is 348. The Morgan fingerprint density at radius 3 is 2.93 bits per heavy atom. The Morgan fingerprint density at radius 1 is 1.50 bits per heavy atom. The molecular weight excluding hydrogens is 180 g/mol. The largest absolute Gasteiger partial charge is 0.348 e. The summed E-state index contributed by atoms with van der Waals surface area (Å²) in [7, 11) is 0. The number of nitrogen functional groups attached to an aromatic ring is 1. The van der Waals surface area contributed by atoms with Crippen LogP contribution in [0.2, 0.25) is 0 Å². The molecule has 0 unspecified atom stereocenters. The summed E-state index contributed by atoms with van der Waals surface area (Å²) in [5.41, 5.74) is 2.80. The Labute approximate surface area is 81.7 Å². The van der Waals surface area contributed by atoms with Crippen molar-refractivity contribution in [1.29, 1.82) is 0 Å². The van der Waals surface area contributed by atoms with Crippen LogP contribution in [0.1, 0.15) is 23.3 Å². The van der Waals surface area contributed by atoms with Crippen molar-refractivity contribution < 1.29 is 4.79 Å². The number of carbonyl (C=O) groups excluding carboxylic acids is 1. The molecule has 74 valence electrons. The first kappa shape index (κ1) is 8.96. The minimum atomic E-state index is -0.135. The smallest absolute Gasteiger partial charge is 0.270 e. The minimum Gasteiger partial charge on any atom is -0.348 e. The molecule has 1 heterocycles. The van der Waals surface area contributed by atoms with Crippen LogP contribution in [-0.4, -0.2) is 16.9 Å². The third kappa shape index (κ3) is 2.00. The molecule has 0 bridgehead atoms. The summed E-state index contributed by atoms with van der Waals surface area (Å²) in [5.74, 6) is 5.55. The van der Waals surface area contributed by atoms with Crippen LogP contribution < -0.4 is 16.6 Å². The Balaban J connectivity index is 2.09. The van der Waals surface area contributed by atoms with Crippen LogP contribution in [0.25, 0.3) is 0 Å². The zero-order valence-corrected chi connectivity index (χ0v) is 7.66. The number of nitrogens with zero attached hydrogens (tertiary/aromatic N) is 1. The molecule has 0 aromatic carbocycles. The zero-order valence-electron chi connectivity index (χ0n) is 7.66. The van der Waals surface area contributed by atoms with Crippen molar-refractivity contribution >= 4 is 11.7 Å². The fourth-order valence-corrected chi connectivity index (χ4v) is 1.13. The fourth-order valence-electron chi connectivity index (χ4n) is 1.13. The molecule has 1 amide bonds. The Morgan fingerprint density at radius 2 is 2.29 bits per heavy atom. The lowest BCUT2D eigenvalue weighted by molar-refractivity contribution is 0.0946. The highest BCUT2D eigenvalue weighted by Gasteiger charge is 2.24. The van der Waals surface area contributed by atoms with Gasteiger partial charge in [-0.2, -0.15) is 0 Å². The Kier molecular flexibility index (Phi) is 2.32. The van der Waals surface area contributed by atoms with Gasteiger partial charge >= 0.3 is 0 Å². The van der Waals surface area contributed by atoms with Gasteiger partial charge in [-0.1, -0.05) is 6.07 Å². The van der Waals surface area contributed by atoms with E-state index < -0.39 is 0 Å². The normalized spacial score (nSPS) is 14.9. The van der Waals surface area contributed by atoms with Crippen molar-refractivity contribution in [3.63, 3.8) is 0 Å². The van der Waals surface area contributed by atoms with Gasteiger partial charge in [-0.3, -0.25) is 4.79 Å². The average molecular weight is 192 g/mol. The second-order valence-electron chi connectivity index (χ2n) is 3.30. The van der Waals surface area contributed by atoms with E-state index in [4.69, 9.17) is 5.84 Å². The number of rotatable bonds is 3. The van der Waals surface area contributed by atoms with E-state index in [1.54, 1.807) is 18.2 Å². The van der Waals surface area contributed by atoms with Gasteiger partial charge in [0, 0.05) is 6.04 Å². The van der Waals surface area contributed by atoms with E-state index in [9.17, 15) is 4.79 Å². The van der Waals surface area contributed by atoms with Gasteiger partial charge in [-0.05, 0) is 25.0 Å². The molecule has 1 aliphatic rings. The van der Waals surface area contributed by atoms with E-state index in [0.29, 0.717) is 17.6 Å². The molecule has 5 heteroatoms. The third-order valence-electron chi connectivity index (χ3n) is 2.04. The molecule has 1 aromatic heterocycles. The minimum absolute atomic E-state index is 0.135. The molecule has 0 saturated heterocycles. The molecule has 0 spiro atoms. The average Bonchev–Trinajstić information content (AvgIpc) is 3.02. The fraction of sp³-hybridized carbons (Fsp3) is 0.333. The summed E-state index contributed by atoms with van der Waals surface area (Å²) < 4.78 is 0. The number of aromatic nitrogens is 1. The first-order chi connectivity index (χ1) is 6.79. The maximum atomic E-state index is 11.5. The van der Waals surface area contributed by atoms with Crippen molar-refractivity contribution in [2.45, 2.75) is 18.9 Å². The SMILES string of the molecule is NNc1cccc(C(=O)NC2CC2)n1. The summed E-state index contributed by atoms with van der Waals surface area (Å²) in [6.45, 7) is 0. The monoisotopic (exact) mass is 192 g/mol. The van der Waals surface area contributed by atoms with Crippen LogP contribution in [-0.2, 0) is 0 Å². The van der Waals surface area contributed by atoms with Crippen molar-refractivity contribution in [1.82, 2.24) is 10.3 Å². The summed E-state index contributed by atoms with van der Waals surface area (Å²) in [4.78, 5) is 15.5. The molecule has 1 aromatic rings. The molecule has 14 heavy (non-hydrogen) atoms. The van der Waals surface area contributed by atoms with Gasteiger partial charge in [0.05, 0.1) is 0 Å². The van der Waals surface area contributed by atoms with Gasteiger partial charge in [-0.15, -0.1) is 0 Å². The summed E-state index contributed by atoms with van der Waals surface area (Å²) >= 11 is 0. The Hall–Kier alpha value is -1.62. The van der Waals surface area contributed by atoms with Crippen molar-refractivity contribution in [3.8, 4) is 0 Å². The highest BCUT2D eigenvalue weighted by Crippen LogP contribution is 2.19. The molecule has 4 N–H and O–H groups in total. The molecule has 0 atom stereocenters. The summed E-state index contributed by atoms with van der Waals surface area (Å²) in [6, 6.07) is 5.45. The number of nitrogens with one attached hydrogen (secondary N) is 2. The van der Waals surface area contributed by atoms with Crippen LogP contribution in [0.3, 0.4) is 0 Å². The standard InChI is InChI=1S/C9H12N4O/c10-13-8-3-1-2-7(12-8)9(14)11-6-4-5-6/h1-3,6H,4-5,10H2,(H,11,14)(H,12,13). The molecule has 2 rings (SSSR count). The van der Waals surface area contributed by atoms with Crippen molar-refractivity contribution in [2.24, 2.45) is 5.84 Å². The molecular formula is C9H12N4O. The van der Waals surface area contributed by atoms with Crippen molar-refractivity contribution in [2.75, 3.05) is 5.43 Å². The van der Waals surface area contributed by atoms with Gasteiger partial charge in [0.15, 0.2) is 0 Å². The topological polar surface area (TPSA) is 80.0 Å². The molecule has 1 aliphatic carbocycles. The van der Waals surface area contributed by atoms with E-state index in [0.717, 1.165) is 12.8 Å². The van der Waals surface area contributed by atoms with Crippen LogP contribution in [0.5, 0.6) is 0 Å². The number of hydrogen-bond donors (Lipinski definition) is 3. The number of hydrogen-bond acceptors (Lipinski definition) is 4. The molecule has 0 aliphatic heterocycles. The number of hydrazine groups is 1.